The number of aryl methyl sites for hydroxylation is 1. The van der Waals surface area contributed by atoms with Crippen LogP contribution in [0.3, 0.4) is 0 Å². The van der Waals surface area contributed by atoms with E-state index in [-0.39, 0.29) is 16.5 Å². The number of hydrogen-bond acceptors (Lipinski definition) is 5. The molecule has 3 rings (SSSR count). The van der Waals surface area contributed by atoms with Gasteiger partial charge in [-0.3, -0.25) is 19.9 Å². The SMILES string of the molecule is Cc1ccc(N2CCCN(C(=O)c3ccncc3)CC2)c([N+](=O)[O-])c1. The molecule has 0 atom stereocenters. The average Bonchev–Trinajstić information content (AvgIpc) is 2.88. The van der Waals surface area contributed by atoms with Gasteiger partial charge in [-0.2, -0.15) is 0 Å². The highest BCUT2D eigenvalue weighted by atomic mass is 16.6. The van der Waals surface area contributed by atoms with Gasteiger partial charge in [-0.05, 0) is 37.1 Å². The minimum atomic E-state index is -0.340. The number of anilines is 1. The Morgan fingerprint density at radius 3 is 2.60 bits per heavy atom. The summed E-state index contributed by atoms with van der Waals surface area (Å²) in [5.74, 6) is -0.0253. The second-order valence-corrected chi connectivity index (χ2v) is 6.12. The van der Waals surface area contributed by atoms with Crippen molar-refractivity contribution in [2.24, 2.45) is 0 Å². The van der Waals surface area contributed by atoms with E-state index in [4.69, 9.17) is 0 Å². The molecule has 1 aromatic carbocycles. The molecule has 2 heterocycles. The van der Waals surface area contributed by atoms with Gasteiger partial charge in [0.2, 0.25) is 0 Å². The van der Waals surface area contributed by atoms with Crippen molar-refractivity contribution < 1.29 is 9.72 Å². The van der Waals surface area contributed by atoms with Gasteiger partial charge in [-0.15, -0.1) is 0 Å². The highest BCUT2D eigenvalue weighted by molar-refractivity contribution is 5.94. The van der Waals surface area contributed by atoms with E-state index in [1.54, 1.807) is 41.6 Å². The number of nitro groups is 1. The van der Waals surface area contributed by atoms with Crippen LogP contribution in [-0.2, 0) is 0 Å². The van der Waals surface area contributed by atoms with Crippen LogP contribution in [0, 0.1) is 17.0 Å². The van der Waals surface area contributed by atoms with Gasteiger partial charge in [-0.25, -0.2) is 0 Å². The summed E-state index contributed by atoms with van der Waals surface area (Å²) >= 11 is 0. The number of nitrogens with zero attached hydrogens (tertiary/aromatic N) is 4. The number of aromatic nitrogens is 1. The molecular formula is C18H20N4O3. The lowest BCUT2D eigenvalue weighted by Crippen LogP contribution is -2.35. The van der Waals surface area contributed by atoms with Crippen LogP contribution in [0.25, 0.3) is 0 Å². The third-order valence-electron chi connectivity index (χ3n) is 4.38. The summed E-state index contributed by atoms with van der Waals surface area (Å²) in [5, 5.41) is 11.4. The Balaban J connectivity index is 1.76. The molecule has 0 aliphatic carbocycles. The topological polar surface area (TPSA) is 79.6 Å². The lowest BCUT2D eigenvalue weighted by atomic mass is 10.1. The smallest absolute Gasteiger partial charge is 0.292 e. The first-order valence-electron chi connectivity index (χ1n) is 8.25. The zero-order valence-electron chi connectivity index (χ0n) is 14.1. The van der Waals surface area contributed by atoms with Gasteiger partial charge in [0.05, 0.1) is 4.92 Å². The largest absolute Gasteiger partial charge is 0.364 e. The second kappa shape index (κ2) is 7.29. The maximum Gasteiger partial charge on any atom is 0.292 e. The third kappa shape index (κ3) is 3.76. The molecule has 7 heteroatoms. The second-order valence-electron chi connectivity index (χ2n) is 6.12. The molecule has 1 fully saturated rings. The van der Waals surface area contributed by atoms with E-state index in [2.05, 4.69) is 4.98 Å². The standard InChI is InChI=1S/C18H20N4O3/c1-14-3-4-16(17(13-14)22(24)25)20-9-2-10-21(12-11-20)18(23)15-5-7-19-8-6-15/h3-8,13H,2,9-12H2,1H3. The summed E-state index contributed by atoms with van der Waals surface area (Å²) in [6, 6.07) is 8.69. The minimum Gasteiger partial charge on any atom is -0.364 e. The molecule has 0 radical (unpaired) electrons. The van der Waals surface area contributed by atoms with Crippen molar-refractivity contribution in [2.45, 2.75) is 13.3 Å². The molecule has 0 saturated carbocycles. The first-order chi connectivity index (χ1) is 12.1. The summed E-state index contributed by atoms with van der Waals surface area (Å²) in [7, 11) is 0. The number of benzene rings is 1. The molecule has 0 spiro atoms. The van der Waals surface area contributed by atoms with Crippen LogP contribution in [0.4, 0.5) is 11.4 Å². The number of pyridine rings is 1. The van der Waals surface area contributed by atoms with Gasteiger partial charge in [0.15, 0.2) is 0 Å². The lowest BCUT2D eigenvalue weighted by Gasteiger charge is -2.23. The van der Waals surface area contributed by atoms with Crippen LogP contribution in [0.5, 0.6) is 0 Å². The highest BCUT2D eigenvalue weighted by Crippen LogP contribution is 2.30. The molecule has 130 valence electrons. The Labute approximate surface area is 146 Å². The van der Waals surface area contributed by atoms with Gasteiger partial charge >= 0.3 is 0 Å². The molecule has 0 bridgehead atoms. The van der Waals surface area contributed by atoms with Gasteiger partial charge in [0.1, 0.15) is 5.69 Å². The fourth-order valence-electron chi connectivity index (χ4n) is 3.09. The predicted octanol–water partition coefficient (Wildman–Crippen LogP) is 2.65. The third-order valence-corrected chi connectivity index (χ3v) is 4.38. The Morgan fingerprint density at radius 1 is 1.12 bits per heavy atom. The monoisotopic (exact) mass is 340 g/mol. The zero-order chi connectivity index (χ0) is 17.8. The quantitative estimate of drug-likeness (QED) is 0.634. The van der Waals surface area contributed by atoms with Crippen LogP contribution in [-0.4, -0.2) is 46.9 Å². The average molecular weight is 340 g/mol. The van der Waals surface area contributed by atoms with Crippen molar-refractivity contribution in [1.29, 1.82) is 0 Å². The van der Waals surface area contributed by atoms with E-state index in [0.29, 0.717) is 37.4 Å². The molecule has 0 unspecified atom stereocenters. The first-order valence-corrected chi connectivity index (χ1v) is 8.25. The van der Waals surface area contributed by atoms with Crippen LogP contribution < -0.4 is 4.90 Å². The fourth-order valence-corrected chi connectivity index (χ4v) is 3.09. The lowest BCUT2D eigenvalue weighted by molar-refractivity contribution is -0.384. The Hall–Kier alpha value is -2.96. The maximum atomic E-state index is 12.6. The van der Waals surface area contributed by atoms with E-state index >= 15 is 0 Å². The Bertz CT molecular complexity index is 779. The van der Waals surface area contributed by atoms with Crippen molar-refractivity contribution >= 4 is 17.3 Å². The summed E-state index contributed by atoms with van der Waals surface area (Å²) in [6.07, 6.45) is 3.97. The number of nitro benzene ring substituents is 1. The van der Waals surface area contributed by atoms with E-state index in [9.17, 15) is 14.9 Å². The van der Waals surface area contributed by atoms with E-state index in [1.165, 1.54) is 0 Å². The number of rotatable bonds is 3. The number of amides is 1. The molecule has 1 aromatic heterocycles. The van der Waals surface area contributed by atoms with E-state index < -0.39 is 0 Å². The van der Waals surface area contributed by atoms with Crippen LogP contribution in [0.1, 0.15) is 22.3 Å². The molecule has 7 nitrogen and oxygen atoms in total. The molecule has 0 N–H and O–H groups in total. The summed E-state index contributed by atoms with van der Waals surface area (Å²) in [5.41, 5.74) is 2.22. The number of carbonyl (C=O) groups excluding carboxylic acids is 1. The molecule has 25 heavy (non-hydrogen) atoms. The first kappa shape index (κ1) is 16.9. The molecule has 2 aromatic rings. The summed E-state index contributed by atoms with van der Waals surface area (Å²) in [4.78, 5) is 31.3. The predicted molar refractivity (Wildman–Crippen MR) is 94.8 cm³/mol. The van der Waals surface area contributed by atoms with Crippen LogP contribution in [0.15, 0.2) is 42.7 Å². The van der Waals surface area contributed by atoms with Crippen molar-refractivity contribution in [1.82, 2.24) is 9.88 Å². The highest BCUT2D eigenvalue weighted by Gasteiger charge is 2.24. The van der Waals surface area contributed by atoms with E-state index in [1.807, 2.05) is 17.9 Å². The van der Waals surface area contributed by atoms with Crippen LogP contribution >= 0.6 is 0 Å². The van der Waals surface area contributed by atoms with Gasteiger partial charge in [0, 0.05) is 50.2 Å². The van der Waals surface area contributed by atoms with Crippen molar-refractivity contribution in [3.05, 3.63) is 64.0 Å². The number of carbonyl (C=O) groups is 1. The van der Waals surface area contributed by atoms with Crippen LogP contribution in [0.2, 0.25) is 0 Å². The Morgan fingerprint density at radius 2 is 1.88 bits per heavy atom. The minimum absolute atomic E-state index is 0.0253. The maximum absolute atomic E-state index is 12.6. The van der Waals surface area contributed by atoms with E-state index in [0.717, 1.165) is 12.0 Å². The van der Waals surface area contributed by atoms with Crippen molar-refractivity contribution in [3.63, 3.8) is 0 Å². The molecule has 1 saturated heterocycles. The molecule has 1 aliphatic heterocycles. The van der Waals surface area contributed by atoms with Gasteiger partial charge in [0.25, 0.3) is 11.6 Å². The zero-order valence-corrected chi connectivity index (χ0v) is 14.1. The Kier molecular flexibility index (Phi) is 4.92. The number of hydrogen-bond donors (Lipinski definition) is 0. The molecule has 1 aliphatic rings. The van der Waals surface area contributed by atoms with Crippen molar-refractivity contribution in [3.8, 4) is 0 Å². The van der Waals surface area contributed by atoms with Gasteiger partial charge < -0.3 is 9.80 Å². The summed E-state index contributed by atoms with van der Waals surface area (Å²) < 4.78 is 0. The van der Waals surface area contributed by atoms with Crippen molar-refractivity contribution in [2.75, 3.05) is 31.1 Å². The molecule has 1 amide bonds. The summed E-state index contributed by atoms with van der Waals surface area (Å²) in [6.45, 7) is 4.27. The van der Waals surface area contributed by atoms with Gasteiger partial charge in [-0.1, -0.05) is 6.07 Å². The normalized spacial score (nSPS) is 14.9. The molecular weight excluding hydrogens is 320 g/mol. The fraction of sp³-hybridized carbons (Fsp3) is 0.333.